The van der Waals surface area contributed by atoms with Crippen molar-refractivity contribution >= 4 is 39.5 Å². The van der Waals surface area contributed by atoms with Crippen LogP contribution in [0.4, 0.5) is 0 Å². The van der Waals surface area contributed by atoms with Crippen LogP contribution >= 0.6 is 15.6 Å². The van der Waals surface area contributed by atoms with Gasteiger partial charge in [0.15, 0.2) is 12.2 Å². The van der Waals surface area contributed by atoms with E-state index in [0.29, 0.717) is 25.7 Å². The first-order valence-electron chi connectivity index (χ1n) is 39.7. The molecule has 0 aliphatic heterocycles. The van der Waals surface area contributed by atoms with E-state index >= 15 is 0 Å². The number of unbranched alkanes of at least 4 members (excludes halogenated alkanes) is 38. The third kappa shape index (κ3) is 70.4. The van der Waals surface area contributed by atoms with Crippen LogP contribution in [-0.2, 0) is 65.4 Å². The Morgan fingerprint density at radius 2 is 0.608 bits per heavy atom. The van der Waals surface area contributed by atoms with E-state index in [1.54, 1.807) is 0 Å². The highest BCUT2D eigenvalue weighted by atomic mass is 31.2. The van der Waals surface area contributed by atoms with Crippen molar-refractivity contribution in [3.63, 3.8) is 0 Å². The quantitative estimate of drug-likeness (QED) is 0.0169. The van der Waals surface area contributed by atoms with E-state index in [1.165, 1.54) is 167 Å². The zero-order valence-corrected chi connectivity index (χ0v) is 64.8. The second-order valence-corrected chi connectivity index (χ2v) is 31.5. The standard InChI is InChI=1S/C78H148O17P2/c1-8-10-11-12-13-14-15-16-19-23-26-33-38-47-54-61-77(82)94-73(65-88-75(80)59-52-45-37-32-29-28-31-36-43-50-57-70(5)6)67-92-96(84,85)90-63-72(79)64-91-97(86,87)93-68-74(66-89-76(81)60-53-46-41-40-44-51-58-71(7)9-2)95-78(83)62-55-48-39-34-27-24-21-18-17-20-22-25-30-35-42-49-56-69(3)4/h14-16,19,69-74,79H,8-13,17-18,20-68H2,1-7H3,(H,84,85)(H,86,87)/b15-14-,19-16-/t71?,72-,73-,74-/m1/s1. The number of aliphatic hydroxyl groups excluding tert-OH is 1. The predicted molar refractivity (Wildman–Crippen MR) is 395 cm³/mol. The normalized spacial score (nSPS) is 14.5. The molecule has 19 heteroatoms. The molecule has 3 N–H and O–H groups in total. The Morgan fingerprint density at radius 1 is 0.340 bits per heavy atom. The highest BCUT2D eigenvalue weighted by Gasteiger charge is 2.30. The third-order valence-electron chi connectivity index (χ3n) is 17.9. The van der Waals surface area contributed by atoms with Crippen LogP contribution < -0.4 is 0 Å². The average molecular weight is 1420 g/mol. The number of hydrogen-bond acceptors (Lipinski definition) is 15. The average Bonchev–Trinajstić information content (AvgIpc) is 1.11. The van der Waals surface area contributed by atoms with Crippen molar-refractivity contribution in [3.05, 3.63) is 24.3 Å². The molecule has 3 unspecified atom stereocenters. The molecular formula is C78H148O17P2. The van der Waals surface area contributed by atoms with Gasteiger partial charge in [-0.2, -0.15) is 0 Å². The van der Waals surface area contributed by atoms with E-state index in [0.717, 1.165) is 127 Å². The molecule has 0 radical (unpaired) electrons. The second-order valence-electron chi connectivity index (χ2n) is 28.6. The van der Waals surface area contributed by atoms with Crippen LogP contribution in [0.1, 0.15) is 376 Å². The van der Waals surface area contributed by atoms with Crippen LogP contribution in [-0.4, -0.2) is 96.7 Å². The Hall–Kier alpha value is -2.46. The van der Waals surface area contributed by atoms with Crippen LogP contribution in [0, 0.1) is 17.8 Å². The molecule has 0 aliphatic carbocycles. The van der Waals surface area contributed by atoms with Crippen molar-refractivity contribution in [2.45, 2.75) is 394 Å². The van der Waals surface area contributed by atoms with E-state index in [2.05, 4.69) is 72.8 Å². The topological polar surface area (TPSA) is 237 Å². The Balaban J connectivity index is 5.26. The summed E-state index contributed by atoms with van der Waals surface area (Å²) < 4.78 is 68.5. The van der Waals surface area contributed by atoms with Crippen molar-refractivity contribution in [3.8, 4) is 0 Å². The molecule has 0 saturated heterocycles. The van der Waals surface area contributed by atoms with Gasteiger partial charge in [-0.15, -0.1) is 0 Å². The zero-order valence-electron chi connectivity index (χ0n) is 63.0. The molecule has 0 spiro atoms. The molecule has 0 bridgehead atoms. The van der Waals surface area contributed by atoms with Crippen LogP contribution in [0.3, 0.4) is 0 Å². The first-order valence-corrected chi connectivity index (χ1v) is 42.7. The fraction of sp³-hybridized carbons (Fsp3) is 0.897. The number of rotatable bonds is 74. The van der Waals surface area contributed by atoms with Gasteiger partial charge in [0.1, 0.15) is 19.3 Å². The highest BCUT2D eigenvalue weighted by Crippen LogP contribution is 2.45. The largest absolute Gasteiger partial charge is 0.472 e. The van der Waals surface area contributed by atoms with Crippen LogP contribution in [0.5, 0.6) is 0 Å². The van der Waals surface area contributed by atoms with Crippen molar-refractivity contribution in [1.82, 2.24) is 0 Å². The van der Waals surface area contributed by atoms with Gasteiger partial charge in [0.25, 0.3) is 0 Å². The van der Waals surface area contributed by atoms with Crippen molar-refractivity contribution in [2.75, 3.05) is 39.6 Å². The van der Waals surface area contributed by atoms with Crippen molar-refractivity contribution in [2.24, 2.45) is 17.8 Å². The molecule has 0 aromatic carbocycles. The molecule has 572 valence electrons. The van der Waals surface area contributed by atoms with Gasteiger partial charge < -0.3 is 33.8 Å². The van der Waals surface area contributed by atoms with Gasteiger partial charge in [0, 0.05) is 25.7 Å². The van der Waals surface area contributed by atoms with Crippen LogP contribution in [0.2, 0.25) is 0 Å². The summed E-state index contributed by atoms with van der Waals surface area (Å²) in [6.07, 6.45) is 57.7. The number of ether oxygens (including phenoxy) is 4. The SMILES string of the molecule is CCCCCC/C=C\C=C/CCCCCCCC(=O)O[C@H](COC(=O)CCCCCCCCCCCCC(C)C)COP(=O)(O)OC[C@@H](O)COP(=O)(O)OC[C@@H](COC(=O)CCCCCCCCC(C)CC)OC(=O)CCCCCCCCCCCCCCCCCCC(C)C. The fourth-order valence-electron chi connectivity index (χ4n) is 11.4. The van der Waals surface area contributed by atoms with Gasteiger partial charge >= 0.3 is 39.5 Å². The Morgan fingerprint density at radius 3 is 0.918 bits per heavy atom. The number of esters is 4. The Bertz CT molecular complexity index is 1980. The first-order chi connectivity index (χ1) is 46.8. The molecule has 0 fully saturated rings. The highest BCUT2D eigenvalue weighted by molar-refractivity contribution is 7.47. The lowest BCUT2D eigenvalue weighted by atomic mass is 10.00. The number of carbonyl (C=O) groups is 4. The molecule has 0 rings (SSSR count). The summed E-state index contributed by atoms with van der Waals surface area (Å²) in [5.74, 6) is 0.146. The molecule has 0 saturated carbocycles. The van der Waals surface area contributed by atoms with Gasteiger partial charge in [-0.05, 0) is 69.1 Å². The summed E-state index contributed by atoms with van der Waals surface area (Å²) in [4.78, 5) is 72.9. The van der Waals surface area contributed by atoms with E-state index in [4.69, 9.17) is 37.0 Å². The molecule has 0 heterocycles. The van der Waals surface area contributed by atoms with Gasteiger partial charge in [-0.3, -0.25) is 37.3 Å². The molecule has 0 aliphatic rings. The number of phosphoric acid groups is 2. The summed E-state index contributed by atoms with van der Waals surface area (Å²) in [6, 6.07) is 0. The summed E-state index contributed by atoms with van der Waals surface area (Å²) in [5.41, 5.74) is 0. The summed E-state index contributed by atoms with van der Waals surface area (Å²) in [6.45, 7) is 11.8. The minimum absolute atomic E-state index is 0.0845. The number of allylic oxidation sites excluding steroid dienone is 4. The van der Waals surface area contributed by atoms with Crippen LogP contribution in [0.15, 0.2) is 24.3 Å². The molecular weight excluding hydrogens is 1270 g/mol. The van der Waals surface area contributed by atoms with Crippen LogP contribution in [0.25, 0.3) is 0 Å². The van der Waals surface area contributed by atoms with Gasteiger partial charge in [0.05, 0.1) is 26.4 Å². The van der Waals surface area contributed by atoms with Gasteiger partial charge in [-0.1, -0.05) is 323 Å². The number of aliphatic hydroxyl groups is 1. The van der Waals surface area contributed by atoms with Gasteiger partial charge in [0.2, 0.25) is 0 Å². The number of phosphoric ester groups is 2. The lowest BCUT2D eigenvalue weighted by Gasteiger charge is -2.21. The summed E-state index contributed by atoms with van der Waals surface area (Å²) >= 11 is 0. The van der Waals surface area contributed by atoms with Crippen molar-refractivity contribution in [1.29, 1.82) is 0 Å². The molecule has 17 nitrogen and oxygen atoms in total. The Labute approximate surface area is 592 Å². The minimum atomic E-state index is -4.97. The van der Waals surface area contributed by atoms with E-state index in [-0.39, 0.29) is 25.7 Å². The predicted octanol–water partition coefficient (Wildman–Crippen LogP) is 22.5. The minimum Gasteiger partial charge on any atom is -0.462 e. The smallest absolute Gasteiger partial charge is 0.462 e. The maximum absolute atomic E-state index is 13.1. The fourth-order valence-corrected chi connectivity index (χ4v) is 13.0. The number of carbonyl (C=O) groups excluding carboxylic acids is 4. The lowest BCUT2D eigenvalue weighted by molar-refractivity contribution is -0.161. The molecule has 97 heavy (non-hydrogen) atoms. The zero-order chi connectivity index (χ0) is 71.6. The lowest BCUT2D eigenvalue weighted by Crippen LogP contribution is -2.30. The summed E-state index contributed by atoms with van der Waals surface area (Å²) in [7, 11) is -9.93. The third-order valence-corrected chi connectivity index (χ3v) is 19.8. The summed E-state index contributed by atoms with van der Waals surface area (Å²) in [5, 5.41) is 10.6. The van der Waals surface area contributed by atoms with Crippen molar-refractivity contribution < 1.29 is 80.2 Å². The van der Waals surface area contributed by atoms with E-state index in [9.17, 15) is 43.2 Å². The van der Waals surface area contributed by atoms with Gasteiger partial charge in [-0.25, -0.2) is 9.13 Å². The second kappa shape index (κ2) is 68.0. The maximum Gasteiger partial charge on any atom is 0.472 e. The first kappa shape index (κ1) is 94.5. The number of hydrogen-bond donors (Lipinski definition) is 3. The maximum atomic E-state index is 13.1. The molecule has 0 aromatic heterocycles. The monoisotopic (exact) mass is 1420 g/mol. The molecule has 0 aromatic rings. The Kier molecular flexibility index (Phi) is 66.3. The van der Waals surface area contributed by atoms with E-state index in [1.807, 2.05) is 0 Å². The molecule has 0 amide bonds. The molecule has 6 atom stereocenters. The van der Waals surface area contributed by atoms with E-state index < -0.39 is 97.5 Å².